The molecule has 104 valence electrons. The molecule has 0 fully saturated rings. The Labute approximate surface area is 120 Å². The molecular formula is C15H22ClN3. The molecule has 0 saturated heterocycles. The Morgan fingerprint density at radius 2 is 2.11 bits per heavy atom. The molecule has 0 aromatic carbocycles. The molecule has 4 heteroatoms. The Balaban J connectivity index is 2.27. The number of hydrogen-bond acceptors (Lipinski definition) is 2. The molecule has 0 aliphatic rings. The van der Waals surface area contributed by atoms with Crippen molar-refractivity contribution in [2.75, 3.05) is 5.88 Å². The van der Waals surface area contributed by atoms with Gasteiger partial charge >= 0.3 is 0 Å². The number of rotatable bonds is 7. The lowest BCUT2D eigenvalue weighted by Gasteiger charge is -2.07. The van der Waals surface area contributed by atoms with Crippen LogP contribution in [0.3, 0.4) is 0 Å². The van der Waals surface area contributed by atoms with Crippen LogP contribution in [0.5, 0.6) is 0 Å². The minimum Gasteiger partial charge on any atom is -0.313 e. The summed E-state index contributed by atoms with van der Waals surface area (Å²) in [6.07, 6.45) is 7.69. The molecule has 0 aliphatic heterocycles. The van der Waals surface area contributed by atoms with Crippen LogP contribution >= 0.6 is 11.6 Å². The van der Waals surface area contributed by atoms with Gasteiger partial charge in [0.25, 0.3) is 0 Å². The van der Waals surface area contributed by atoms with E-state index in [0.717, 1.165) is 30.0 Å². The third-order valence-corrected chi connectivity index (χ3v) is 3.66. The van der Waals surface area contributed by atoms with Gasteiger partial charge in [-0.25, -0.2) is 9.97 Å². The summed E-state index contributed by atoms with van der Waals surface area (Å²) in [5, 5.41) is 0. The van der Waals surface area contributed by atoms with Crippen LogP contribution in [0.1, 0.15) is 44.0 Å². The third kappa shape index (κ3) is 3.27. The molecule has 0 unspecified atom stereocenters. The molecule has 0 saturated carbocycles. The maximum atomic E-state index is 5.89. The van der Waals surface area contributed by atoms with Crippen LogP contribution in [-0.4, -0.2) is 20.4 Å². The van der Waals surface area contributed by atoms with Crippen molar-refractivity contribution in [3.05, 3.63) is 23.7 Å². The van der Waals surface area contributed by atoms with Crippen LogP contribution in [-0.2, 0) is 13.0 Å². The van der Waals surface area contributed by atoms with Crippen molar-refractivity contribution < 1.29 is 0 Å². The van der Waals surface area contributed by atoms with E-state index in [2.05, 4.69) is 23.4 Å². The lowest BCUT2D eigenvalue weighted by atomic mass is 10.2. The van der Waals surface area contributed by atoms with E-state index in [4.69, 9.17) is 16.6 Å². The van der Waals surface area contributed by atoms with Crippen molar-refractivity contribution in [3.8, 4) is 0 Å². The number of hydrogen-bond donors (Lipinski definition) is 0. The highest BCUT2D eigenvalue weighted by atomic mass is 35.5. The molecule has 0 radical (unpaired) electrons. The van der Waals surface area contributed by atoms with E-state index in [0.29, 0.717) is 5.88 Å². The fourth-order valence-corrected chi connectivity index (χ4v) is 2.56. The fraction of sp³-hybridized carbons (Fsp3) is 0.600. The molecular weight excluding hydrogens is 258 g/mol. The normalized spacial score (nSPS) is 11.3. The van der Waals surface area contributed by atoms with E-state index in [1.807, 2.05) is 12.3 Å². The minimum atomic E-state index is 0.608. The summed E-state index contributed by atoms with van der Waals surface area (Å²) < 4.78 is 2.25. The van der Waals surface area contributed by atoms with Gasteiger partial charge in [0, 0.05) is 25.0 Å². The summed E-state index contributed by atoms with van der Waals surface area (Å²) in [5.74, 6) is 1.68. The summed E-state index contributed by atoms with van der Waals surface area (Å²) in [6.45, 7) is 5.32. The van der Waals surface area contributed by atoms with Gasteiger partial charge in [-0.15, -0.1) is 11.6 Å². The van der Waals surface area contributed by atoms with E-state index in [1.165, 1.54) is 31.2 Å². The molecule has 0 amide bonds. The monoisotopic (exact) mass is 279 g/mol. The predicted octanol–water partition coefficient (Wildman–Crippen LogP) is 4.10. The summed E-state index contributed by atoms with van der Waals surface area (Å²) >= 11 is 5.89. The Bertz CT molecular complexity index is 533. The first-order valence-corrected chi connectivity index (χ1v) is 7.68. The maximum Gasteiger partial charge on any atom is 0.160 e. The van der Waals surface area contributed by atoms with E-state index in [-0.39, 0.29) is 0 Å². The number of aromatic nitrogens is 3. The molecule has 19 heavy (non-hydrogen) atoms. The van der Waals surface area contributed by atoms with Crippen molar-refractivity contribution >= 4 is 22.8 Å². The molecule has 0 N–H and O–H groups in total. The molecule has 3 nitrogen and oxygen atoms in total. The minimum absolute atomic E-state index is 0.608. The van der Waals surface area contributed by atoms with Crippen molar-refractivity contribution in [1.82, 2.24) is 14.5 Å². The van der Waals surface area contributed by atoms with Gasteiger partial charge in [0.05, 0.1) is 0 Å². The van der Waals surface area contributed by atoms with E-state index >= 15 is 0 Å². The van der Waals surface area contributed by atoms with Gasteiger partial charge in [-0.2, -0.15) is 0 Å². The number of fused-ring (bicyclic) bond motifs is 1. The summed E-state index contributed by atoms with van der Waals surface area (Å²) in [5.41, 5.74) is 3.22. The van der Waals surface area contributed by atoms with Crippen LogP contribution in [0.2, 0.25) is 0 Å². The number of pyridine rings is 1. The topological polar surface area (TPSA) is 30.7 Å². The first-order chi connectivity index (χ1) is 9.27. The van der Waals surface area contributed by atoms with Gasteiger partial charge in [-0.3, -0.25) is 0 Å². The summed E-state index contributed by atoms with van der Waals surface area (Å²) in [4.78, 5) is 9.22. The van der Waals surface area contributed by atoms with Gasteiger partial charge < -0.3 is 4.57 Å². The van der Waals surface area contributed by atoms with E-state index in [1.54, 1.807) is 0 Å². The zero-order valence-corrected chi connectivity index (χ0v) is 12.6. The number of unbranched alkanes of at least 4 members (excludes halogenated alkanes) is 3. The number of nitrogens with zero attached hydrogens (tertiary/aromatic N) is 3. The molecule has 0 atom stereocenters. The molecule has 0 aliphatic carbocycles. The van der Waals surface area contributed by atoms with E-state index in [9.17, 15) is 0 Å². The second kappa shape index (κ2) is 6.90. The highest BCUT2D eigenvalue weighted by molar-refractivity contribution is 6.17. The number of aryl methyl sites for hydroxylation is 3. The Hall–Kier alpha value is -1.09. The Morgan fingerprint density at radius 3 is 2.84 bits per heavy atom. The van der Waals surface area contributed by atoms with Crippen LogP contribution in [0.25, 0.3) is 11.2 Å². The lowest BCUT2D eigenvalue weighted by molar-refractivity contribution is 0.574. The fourth-order valence-electron chi connectivity index (χ4n) is 2.39. The van der Waals surface area contributed by atoms with E-state index < -0.39 is 0 Å². The number of imidazole rings is 1. The molecule has 2 aromatic rings. The van der Waals surface area contributed by atoms with Crippen molar-refractivity contribution in [1.29, 1.82) is 0 Å². The Kier molecular flexibility index (Phi) is 5.20. The lowest BCUT2D eigenvalue weighted by Crippen LogP contribution is -2.05. The van der Waals surface area contributed by atoms with Gasteiger partial charge in [0.15, 0.2) is 5.65 Å². The van der Waals surface area contributed by atoms with Crippen LogP contribution in [0, 0.1) is 6.92 Å². The summed E-state index contributed by atoms with van der Waals surface area (Å²) in [7, 11) is 0. The molecule has 2 aromatic heterocycles. The molecule has 2 heterocycles. The highest BCUT2D eigenvalue weighted by Gasteiger charge is 2.12. The second-order valence-corrected chi connectivity index (χ2v) is 5.36. The average molecular weight is 280 g/mol. The van der Waals surface area contributed by atoms with Crippen molar-refractivity contribution in [2.24, 2.45) is 0 Å². The zero-order chi connectivity index (χ0) is 13.7. The van der Waals surface area contributed by atoms with Crippen molar-refractivity contribution in [3.63, 3.8) is 0 Å². The predicted molar refractivity (Wildman–Crippen MR) is 80.8 cm³/mol. The molecule has 0 spiro atoms. The smallest absolute Gasteiger partial charge is 0.160 e. The van der Waals surface area contributed by atoms with Crippen molar-refractivity contribution in [2.45, 2.75) is 52.5 Å². The quantitative estimate of drug-likeness (QED) is 0.564. The van der Waals surface area contributed by atoms with Gasteiger partial charge in [0.2, 0.25) is 0 Å². The third-order valence-electron chi connectivity index (χ3n) is 3.47. The van der Waals surface area contributed by atoms with Crippen LogP contribution in [0.15, 0.2) is 12.3 Å². The number of alkyl halides is 1. The summed E-state index contributed by atoms with van der Waals surface area (Å²) in [6, 6.07) is 2.02. The van der Waals surface area contributed by atoms with Gasteiger partial charge in [-0.1, -0.05) is 26.2 Å². The maximum absolute atomic E-state index is 5.89. The van der Waals surface area contributed by atoms with Gasteiger partial charge in [0.1, 0.15) is 11.3 Å². The molecule has 0 bridgehead atoms. The second-order valence-electron chi connectivity index (χ2n) is 4.98. The Morgan fingerprint density at radius 1 is 1.26 bits per heavy atom. The van der Waals surface area contributed by atoms with Crippen LogP contribution in [0.4, 0.5) is 0 Å². The highest BCUT2D eigenvalue weighted by Crippen LogP contribution is 2.19. The standard InChI is InChI=1S/C15H22ClN3/c1-3-4-5-6-11-19-13(7-9-16)18-14-12(2)8-10-17-15(14)19/h8,10H,3-7,9,11H2,1-2H3. The zero-order valence-electron chi connectivity index (χ0n) is 11.8. The first-order valence-electron chi connectivity index (χ1n) is 7.14. The number of halogens is 1. The van der Waals surface area contributed by atoms with Gasteiger partial charge in [-0.05, 0) is 25.0 Å². The largest absolute Gasteiger partial charge is 0.313 e. The first kappa shape index (κ1) is 14.3. The SMILES string of the molecule is CCCCCCn1c(CCCl)nc2c(C)ccnc21. The van der Waals surface area contributed by atoms with Crippen LogP contribution < -0.4 is 0 Å². The average Bonchev–Trinajstić information content (AvgIpc) is 2.75. The molecule has 2 rings (SSSR count).